The van der Waals surface area contributed by atoms with Crippen molar-refractivity contribution in [1.82, 2.24) is 15.5 Å². The van der Waals surface area contributed by atoms with E-state index in [9.17, 15) is 9.59 Å². The van der Waals surface area contributed by atoms with Crippen LogP contribution in [0.1, 0.15) is 13.3 Å². The van der Waals surface area contributed by atoms with E-state index in [1.165, 1.54) is 4.90 Å². The van der Waals surface area contributed by atoms with E-state index in [4.69, 9.17) is 5.73 Å². The van der Waals surface area contributed by atoms with Crippen molar-refractivity contribution in [2.75, 3.05) is 26.2 Å². The zero-order chi connectivity index (χ0) is 11.3. The minimum absolute atomic E-state index is 0.0116. The molecule has 0 bridgehead atoms. The molecule has 0 aliphatic carbocycles. The minimum atomic E-state index is -0.206. The normalized spacial score (nSPS) is 18.3. The van der Waals surface area contributed by atoms with Crippen LogP contribution in [-0.2, 0) is 4.79 Å². The first-order valence-electron chi connectivity index (χ1n) is 5.19. The van der Waals surface area contributed by atoms with E-state index in [2.05, 4.69) is 10.6 Å². The number of carbonyl (C=O) groups is 2. The molecule has 1 aliphatic heterocycles. The second-order valence-corrected chi connectivity index (χ2v) is 3.56. The van der Waals surface area contributed by atoms with Gasteiger partial charge in [-0.05, 0) is 6.42 Å². The number of nitrogens with one attached hydrogen (secondary N) is 2. The summed E-state index contributed by atoms with van der Waals surface area (Å²) in [5.41, 5.74) is 5.48. The van der Waals surface area contributed by atoms with Crippen LogP contribution in [0.15, 0.2) is 0 Å². The van der Waals surface area contributed by atoms with Crippen LogP contribution >= 0.6 is 0 Å². The molecule has 3 amide bonds. The second kappa shape index (κ2) is 5.55. The van der Waals surface area contributed by atoms with Gasteiger partial charge in [0.25, 0.3) is 0 Å². The third-order valence-electron chi connectivity index (χ3n) is 2.43. The van der Waals surface area contributed by atoms with E-state index in [0.29, 0.717) is 19.6 Å². The largest absolute Gasteiger partial charge is 0.353 e. The fourth-order valence-electron chi connectivity index (χ4n) is 1.41. The van der Waals surface area contributed by atoms with Gasteiger partial charge in [0.2, 0.25) is 5.91 Å². The first kappa shape index (κ1) is 11.8. The summed E-state index contributed by atoms with van der Waals surface area (Å²) in [5.74, 6) is -0.114. The van der Waals surface area contributed by atoms with Gasteiger partial charge < -0.3 is 21.3 Å². The van der Waals surface area contributed by atoms with Gasteiger partial charge in [0, 0.05) is 25.7 Å². The SMILES string of the molecule is CCC(CN)NC(=O)N1CCNC(=O)C1. The first-order chi connectivity index (χ1) is 7.17. The number of nitrogens with two attached hydrogens (primary N) is 1. The van der Waals surface area contributed by atoms with E-state index in [0.717, 1.165) is 6.42 Å². The molecule has 1 heterocycles. The highest BCUT2D eigenvalue weighted by Gasteiger charge is 2.22. The molecule has 1 rings (SSSR count). The Kier molecular flexibility index (Phi) is 4.36. The van der Waals surface area contributed by atoms with Gasteiger partial charge in [-0.2, -0.15) is 0 Å². The number of urea groups is 1. The molecule has 0 aromatic rings. The van der Waals surface area contributed by atoms with Crippen molar-refractivity contribution in [1.29, 1.82) is 0 Å². The fourth-order valence-corrected chi connectivity index (χ4v) is 1.41. The molecular weight excluding hydrogens is 196 g/mol. The molecule has 6 heteroatoms. The summed E-state index contributed by atoms with van der Waals surface area (Å²) in [6.45, 7) is 3.58. The van der Waals surface area contributed by atoms with Crippen molar-refractivity contribution in [2.45, 2.75) is 19.4 Å². The van der Waals surface area contributed by atoms with Crippen molar-refractivity contribution < 1.29 is 9.59 Å². The van der Waals surface area contributed by atoms with Gasteiger partial charge in [-0.25, -0.2) is 4.79 Å². The predicted octanol–water partition coefficient (Wildman–Crippen LogP) is -1.13. The van der Waals surface area contributed by atoms with E-state index in [1.807, 2.05) is 6.92 Å². The third-order valence-corrected chi connectivity index (χ3v) is 2.43. The topological polar surface area (TPSA) is 87.5 Å². The molecule has 86 valence electrons. The van der Waals surface area contributed by atoms with E-state index < -0.39 is 0 Å². The number of piperazine rings is 1. The van der Waals surface area contributed by atoms with Gasteiger partial charge in [-0.15, -0.1) is 0 Å². The molecule has 0 saturated carbocycles. The maximum Gasteiger partial charge on any atom is 0.318 e. The van der Waals surface area contributed by atoms with Crippen LogP contribution in [0.4, 0.5) is 4.79 Å². The first-order valence-corrected chi connectivity index (χ1v) is 5.19. The van der Waals surface area contributed by atoms with Crippen LogP contribution in [0.5, 0.6) is 0 Å². The Bertz CT molecular complexity index is 240. The monoisotopic (exact) mass is 214 g/mol. The molecule has 1 atom stereocenters. The number of nitrogens with zero attached hydrogens (tertiary/aromatic N) is 1. The lowest BCUT2D eigenvalue weighted by Crippen LogP contribution is -2.55. The Hall–Kier alpha value is -1.30. The van der Waals surface area contributed by atoms with Crippen molar-refractivity contribution in [3.8, 4) is 0 Å². The predicted molar refractivity (Wildman–Crippen MR) is 56.2 cm³/mol. The van der Waals surface area contributed by atoms with Crippen molar-refractivity contribution >= 4 is 11.9 Å². The summed E-state index contributed by atoms with van der Waals surface area (Å²) in [5, 5.41) is 5.45. The Labute approximate surface area is 89.2 Å². The van der Waals surface area contributed by atoms with Gasteiger partial charge in [0.15, 0.2) is 0 Å². The highest BCUT2D eigenvalue weighted by atomic mass is 16.2. The van der Waals surface area contributed by atoms with Crippen molar-refractivity contribution in [3.63, 3.8) is 0 Å². The summed E-state index contributed by atoms with van der Waals surface area (Å²) in [6.07, 6.45) is 0.794. The van der Waals surface area contributed by atoms with Crippen LogP contribution in [0.2, 0.25) is 0 Å². The van der Waals surface area contributed by atoms with E-state index >= 15 is 0 Å². The standard InChI is InChI=1S/C9H18N4O2/c1-2-7(5-10)12-9(15)13-4-3-11-8(14)6-13/h7H,2-6,10H2,1H3,(H,11,14)(H,12,15). The number of carbonyl (C=O) groups excluding carboxylic acids is 2. The van der Waals surface area contributed by atoms with Crippen molar-refractivity contribution in [3.05, 3.63) is 0 Å². The zero-order valence-corrected chi connectivity index (χ0v) is 8.95. The van der Waals surface area contributed by atoms with Crippen LogP contribution < -0.4 is 16.4 Å². The van der Waals surface area contributed by atoms with Crippen molar-refractivity contribution in [2.24, 2.45) is 5.73 Å². The number of hydrogen-bond donors (Lipinski definition) is 3. The van der Waals surface area contributed by atoms with Crippen LogP contribution in [0, 0.1) is 0 Å². The summed E-state index contributed by atoms with van der Waals surface area (Å²) in [7, 11) is 0. The highest BCUT2D eigenvalue weighted by molar-refractivity contribution is 5.85. The molecule has 15 heavy (non-hydrogen) atoms. The van der Waals surface area contributed by atoms with Gasteiger partial charge in [0.1, 0.15) is 6.54 Å². The summed E-state index contributed by atoms with van der Waals surface area (Å²) in [4.78, 5) is 24.2. The fraction of sp³-hybridized carbons (Fsp3) is 0.778. The molecular formula is C9H18N4O2. The number of rotatable bonds is 3. The molecule has 1 aliphatic rings. The van der Waals surface area contributed by atoms with E-state index in [1.54, 1.807) is 0 Å². The third kappa shape index (κ3) is 3.39. The van der Waals surface area contributed by atoms with Crippen LogP contribution in [-0.4, -0.2) is 49.1 Å². The highest BCUT2D eigenvalue weighted by Crippen LogP contribution is 1.96. The lowest BCUT2D eigenvalue weighted by molar-refractivity contribution is -0.123. The van der Waals surface area contributed by atoms with Crippen LogP contribution in [0.25, 0.3) is 0 Å². The second-order valence-electron chi connectivity index (χ2n) is 3.56. The van der Waals surface area contributed by atoms with Gasteiger partial charge in [0.05, 0.1) is 0 Å². The Balaban J connectivity index is 2.41. The molecule has 0 radical (unpaired) electrons. The summed E-state index contributed by atoms with van der Waals surface area (Å²) < 4.78 is 0. The molecule has 1 fully saturated rings. The Morgan fingerprint density at radius 3 is 3.00 bits per heavy atom. The smallest absolute Gasteiger partial charge is 0.318 e. The Morgan fingerprint density at radius 2 is 2.47 bits per heavy atom. The van der Waals surface area contributed by atoms with Crippen LogP contribution in [0.3, 0.4) is 0 Å². The average Bonchev–Trinajstić information content (AvgIpc) is 2.25. The van der Waals surface area contributed by atoms with Gasteiger partial charge >= 0.3 is 6.03 Å². The number of hydrogen-bond acceptors (Lipinski definition) is 3. The molecule has 1 saturated heterocycles. The van der Waals surface area contributed by atoms with Gasteiger partial charge in [-0.3, -0.25) is 4.79 Å². The molecule has 4 N–H and O–H groups in total. The maximum absolute atomic E-state index is 11.7. The summed E-state index contributed by atoms with van der Waals surface area (Å²) >= 11 is 0. The van der Waals surface area contributed by atoms with Gasteiger partial charge in [-0.1, -0.05) is 6.92 Å². The zero-order valence-electron chi connectivity index (χ0n) is 8.95. The minimum Gasteiger partial charge on any atom is -0.353 e. The quantitative estimate of drug-likeness (QED) is 0.555. The molecule has 0 aromatic carbocycles. The Morgan fingerprint density at radius 1 is 1.73 bits per heavy atom. The lowest BCUT2D eigenvalue weighted by Gasteiger charge is -2.28. The summed E-state index contributed by atoms with van der Waals surface area (Å²) in [6, 6.07) is -0.218. The molecule has 0 spiro atoms. The maximum atomic E-state index is 11.7. The molecule has 6 nitrogen and oxygen atoms in total. The molecule has 0 aromatic heterocycles. The average molecular weight is 214 g/mol. The lowest BCUT2D eigenvalue weighted by atomic mass is 10.2. The van der Waals surface area contributed by atoms with E-state index in [-0.39, 0.29) is 24.5 Å². The molecule has 1 unspecified atom stereocenters. The number of amides is 3.